The first-order valence-corrected chi connectivity index (χ1v) is 16.7. The zero-order valence-electron chi connectivity index (χ0n) is 28.0. The van der Waals surface area contributed by atoms with Gasteiger partial charge in [-0.2, -0.15) is 0 Å². The SMILES string of the molecule is BCc1c(/C(O)=C(/O)C(=C)O)c(O)c(B)c(O)c1-c1c2ccccc2c(-c2ccc(-c3ccc4c(c3)oc3ccccc34)cc2)c2ccccc12. The number of phenolic OH excluding ortho intramolecular Hbond substituents is 2. The monoisotopic (exact) mass is 666 g/mol. The van der Waals surface area contributed by atoms with Crippen molar-refractivity contribution in [3.05, 3.63) is 144 Å². The van der Waals surface area contributed by atoms with Crippen molar-refractivity contribution < 1.29 is 29.9 Å². The van der Waals surface area contributed by atoms with Crippen LogP contribution in [0.1, 0.15) is 11.1 Å². The van der Waals surface area contributed by atoms with Gasteiger partial charge in [-0.25, -0.2) is 0 Å². The number of aliphatic hydroxyl groups is 3. The third kappa shape index (κ3) is 4.90. The minimum Gasteiger partial charge on any atom is -0.508 e. The van der Waals surface area contributed by atoms with Crippen molar-refractivity contribution in [2.75, 3.05) is 0 Å². The highest BCUT2D eigenvalue weighted by Gasteiger charge is 2.28. The van der Waals surface area contributed by atoms with Gasteiger partial charge < -0.3 is 29.9 Å². The first-order chi connectivity index (χ1) is 24.7. The number of furan rings is 1. The Bertz CT molecular complexity index is 2700. The standard InChI is InChI=1S/C43H32B2O6/c1-22(46)40(47)43(50)38-32(21-44)37(41(48)39(45)42(38)49)36-30-11-4-2-9-28(30)35(29-10-3-5-12-31(29)36)24-16-14-23(15-17-24)25-18-19-27-26-8-6-7-13-33(26)51-34(27)20-25/h2-20,46-50H,1,21,44-45H2/b43-40-. The van der Waals surface area contributed by atoms with E-state index in [4.69, 9.17) is 4.42 Å². The van der Waals surface area contributed by atoms with Crippen LogP contribution < -0.4 is 5.46 Å². The van der Waals surface area contributed by atoms with Crippen molar-refractivity contribution in [3.8, 4) is 44.9 Å². The lowest BCUT2D eigenvalue weighted by atomic mass is 9.76. The van der Waals surface area contributed by atoms with Gasteiger partial charge in [0.05, 0.1) is 5.56 Å². The minimum absolute atomic E-state index is 0.0795. The molecule has 0 unspecified atom stereocenters. The van der Waals surface area contributed by atoms with Crippen LogP contribution in [-0.2, 0) is 6.32 Å². The van der Waals surface area contributed by atoms with E-state index in [9.17, 15) is 25.5 Å². The van der Waals surface area contributed by atoms with Crippen molar-refractivity contribution in [2.24, 2.45) is 0 Å². The fourth-order valence-electron chi connectivity index (χ4n) is 7.47. The molecule has 0 fully saturated rings. The first kappa shape index (κ1) is 31.7. The molecule has 0 radical (unpaired) electrons. The lowest BCUT2D eigenvalue weighted by Gasteiger charge is -2.24. The second-order valence-electron chi connectivity index (χ2n) is 12.8. The molecule has 0 bridgehead atoms. The predicted molar refractivity (Wildman–Crippen MR) is 213 cm³/mol. The van der Waals surface area contributed by atoms with E-state index in [2.05, 4.69) is 67.2 Å². The normalized spacial score (nSPS) is 12.2. The van der Waals surface area contributed by atoms with Crippen molar-refractivity contribution in [3.63, 3.8) is 0 Å². The maximum absolute atomic E-state index is 11.8. The molecule has 246 valence electrons. The Morgan fingerprint density at radius 1 is 0.569 bits per heavy atom. The van der Waals surface area contributed by atoms with E-state index in [1.807, 2.05) is 62.4 Å². The van der Waals surface area contributed by atoms with Gasteiger partial charge in [-0.15, -0.1) is 0 Å². The zero-order chi connectivity index (χ0) is 35.6. The van der Waals surface area contributed by atoms with E-state index in [0.29, 0.717) is 11.1 Å². The van der Waals surface area contributed by atoms with Crippen molar-refractivity contribution >= 4 is 70.4 Å². The summed E-state index contributed by atoms with van der Waals surface area (Å²) in [5, 5.41) is 60.2. The highest BCUT2D eigenvalue weighted by atomic mass is 16.3. The molecular formula is C43H32B2O6. The van der Waals surface area contributed by atoms with Gasteiger partial charge in [0.1, 0.15) is 38.4 Å². The molecule has 51 heavy (non-hydrogen) atoms. The third-order valence-corrected chi connectivity index (χ3v) is 9.94. The summed E-state index contributed by atoms with van der Waals surface area (Å²) in [7, 11) is 3.38. The molecule has 0 amide bonds. The summed E-state index contributed by atoms with van der Waals surface area (Å²) in [6.45, 7) is 3.32. The highest BCUT2D eigenvalue weighted by molar-refractivity contribution is 6.38. The van der Waals surface area contributed by atoms with E-state index >= 15 is 0 Å². The van der Waals surface area contributed by atoms with E-state index < -0.39 is 23.0 Å². The summed E-state index contributed by atoms with van der Waals surface area (Å²) in [6, 6.07) is 38.8. The van der Waals surface area contributed by atoms with Crippen LogP contribution in [0.2, 0.25) is 0 Å². The van der Waals surface area contributed by atoms with Gasteiger partial charge in [0.2, 0.25) is 0 Å². The molecule has 0 atom stereocenters. The Labute approximate surface area is 295 Å². The van der Waals surface area contributed by atoms with E-state index in [1.54, 1.807) is 7.85 Å². The Morgan fingerprint density at radius 3 is 1.67 bits per heavy atom. The molecule has 6 nitrogen and oxygen atoms in total. The van der Waals surface area contributed by atoms with Crippen LogP contribution in [0.15, 0.2) is 138 Å². The van der Waals surface area contributed by atoms with Crippen LogP contribution in [-0.4, -0.2) is 41.2 Å². The first-order valence-electron chi connectivity index (χ1n) is 16.7. The largest absolute Gasteiger partial charge is 0.508 e. The molecule has 8 aromatic rings. The van der Waals surface area contributed by atoms with Crippen LogP contribution >= 0.6 is 0 Å². The Morgan fingerprint density at radius 2 is 1.08 bits per heavy atom. The molecule has 1 heterocycles. The number of rotatable bonds is 6. The second kappa shape index (κ2) is 12.1. The summed E-state index contributed by atoms with van der Waals surface area (Å²) in [4.78, 5) is 0. The van der Waals surface area contributed by atoms with Gasteiger partial charge in [-0.05, 0) is 73.0 Å². The van der Waals surface area contributed by atoms with Crippen LogP contribution in [0.5, 0.6) is 11.5 Å². The number of phenols is 2. The summed E-state index contributed by atoms with van der Waals surface area (Å²) in [5.41, 5.74) is 7.41. The summed E-state index contributed by atoms with van der Waals surface area (Å²) >= 11 is 0. The lowest BCUT2D eigenvalue weighted by Crippen LogP contribution is -2.13. The fraction of sp³-hybridized carbons (Fsp3) is 0.0233. The molecule has 1 aromatic heterocycles. The van der Waals surface area contributed by atoms with Gasteiger partial charge in [0, 0.05) is 21.9 Å². The zero-order valence-corrected chi connectivity index (χ0v) is 28.0. The number of aromatic hydroxyl groups is 2. The predicted octanol–water partition coefficient (Wildman–Crippen LogP) is 8.55. The highest BCUT2D eigenvalue weighted by Crippen LogP contribution is 2.49. The molecule has 0 aliphatic carbocycles. The maximum atomic E-state index is 11.8. The molecule has 0 aliphatic rings. The van der Waals surface area contributed by atoms with Gasteiger partial charge in [-0.3, -0.25) is 0 Å². The number of aliphatic hydroxyl groups excluding tert-OH is 3. The maximum Gasteiger partial charge on any atom is 0.200 e. The number of fused-ring (bicyclic) bond motifs is 5. The number of hydrogen-bond donors (Lipinski definition) is 5. The Kier molecular flexibility index (Phi) is 7.53. The quantitative estimate of drug-likeness (QED) is 0.0526. The molecule has 7 aromatic carbocycles. The van der Waals surface area contributed by atoms with Crippen molar-refractivity contribution in [2.45, 2.75) is 6.32 Å². The minimum atomic E-state index is -0.859. The molecular weight excluding hydrogens is 634 g/mol. The van der Waals surface area contributed by atoms with Crippen molar-refractivity contribution in [1.29, 1.82) is 0 Å². The number of hydrogen-bond acceptors (Lipinski definition) is 6. The fourth-order valence-corrected chi connectivity index (χ4v) is 7.47. The van der Waals surface area contributed by atoms with Gasteiger partial charge in [0.15, 0.2) is 17.3 Å². The average Bonchev–Trinajstić information content (AvgIpc) is 3.53. The molecule has 0 spiro atoms. The molecule has 8 rings (SSSR count). The van der Waals surface area contributed by atoms with Gasteiger partial charge in [0.25, 0.3) is 0 Å². The second-order valence-corrected chi connectivity index (χ2v) is 12.8. The molecule has 8 heteroatoms. The van der Waals surface area contributed by atoms with Crippen LogP contribution in [0.4, 0.5) is 0 Å². The summed E-state index contributed by atoms with van der Waals surface area (Å²) in [5.74, 6) is -2.88. The smallest absolute Gasteiger partial charge is 0.200 e. The average molecular weight is 666 g/mol. The van der Waals surface area contributed by atoms with Crippen LogP contribution in [0.25, 0.3) is 82.6 Å². The van der Waals surface area contributed by atoms with Crippen molar-refractivity contribution in [1.82, 2.24) is 0 Å². The van der Waals surface area contributed by atoms with Gasteiger partial charge in [-0.1, -0.05) is 110 Å². The molecule has 0 saturated carbocycles. The summed E-state index contributed by atoms with van der Waals surface area (Å²) < 4.78 is 6.16. The van der Waals surface area contributed by atoms with E-state index in [1.165, 1.54) is 0 Å². The van der Waals surface area contributed by atoms with Crippen LogP contribution in [0, 0.1) is 0 Å². The molecule has 0 aliphatic heterocycles. The summed E-state index contributed by atoms with van der Waals surface area (Å²) in [6.07, 6.45) is 0.271. The third-order valence-electron chi connectivity index (χ3n) is 9.94. The number of benzene rings is 7. The Balaban J connectivity index is 1.35. The topological polar surface area (TPSA) is 114 Å². The van der Waals surface area contributed by atoms with Crippen LogP contribution in [0.3, 0.4) is 0 Å². The van der Waals surface area contributed by atoms with Gasteiger partial charge >= 0.3 is 0 Å². The lowest BCUT2D eigenvalue weighted by molar-refractivity contribution is 0.315. The molecule has 0 saturated heterocycles. The van der Waals surface area contributed by atoms with E-state index in [-0.39, 0.29) is 23.1 Å². The molecule has 5 N–H and O–H groups in total. The number of para-hydroxylation sites is 1. The van der Waals surface area contributed by atoms with E-state index in [0.717, 1.165) is 71.3 Å². The Hall–Kier alpha value is -6.53.